The lowest BCUT2D eigenvalue weighted by Crippen LogP contribution is -2.57. The summed E-state index contributed by atoms with van der Waals surface area (Å²) in [5, 5.41) is 2.27. The van der Waals surface area contributed by atoms with Crippen molar-refractivity contribution in [2.24, 2.45) is 11.3 Å². The molecule has 0 amide bonds. The van der Waals surface area contributed by atoms with Crippen molar-refractivity contribution >= 4 is 79.4 Å². The lowest BCUT2D eigenvalue weighted by atomic mass is 9.31. The van der Waals surface area contributed by atoms with Gasteiger partial charge in [0.2, 0.25) is 6.71 Å². The van der Waals surface area contributed by atoms with Gasteiger partial charge in [0, 0.05) is 62.0 Å². The number of hydrogen-bond acceptors (Lipinski definition) is 4. The predicted octanol–water partition coefficient (Wildman–Crippen LogP) is 13.3. The van der Waals surface area contributed by atoms with Crippen molar-refractivity contribution in [3.8, 4) is 0 Å². The minimum absolute atomic E-state index is 0.124. The highest BCUT2D eigenvalue weighted by Crippen LogP contribution is 2.49. The second-order valence-electron chi connectivity index (χ2n) is 17.3. The van der Waals surface area contributed by atoms with Crippen molar-refractivity contribution in [1.82, 2.24) is 0 Å². The molecule has 58 heavy (non-hydrogen) atoms. The smallest absolute Gasteiger partial charge is 0.247 e. The number of nitrogens with zero attached hydrogens (tertiary/aromatic N) is 3. The monoisotopic (exact) mass is 751 g/mol. The molecule has 1 atom stereocenters. The van der Waals surface area contributed by atoms with E-state index in [1.807, 2.05) is 6.07 Å². The molecule has 7 aromatic rings. The Bertz CT molecular complexity index is 2890. The third kappa shape index (κ3) is 5.44. The first-order valence-electron chi connectivity index (χ1n) is 20.8. The van der Waals surface area contributed by atoms with E-state index < -0.39 is 0 Å². The maximum atomic E-state index is 6.33. The number of allylic oxidation sites excluding steroid dienone is 7. The van der Waals surface area contributed by atoms with E-state index in [0.717, 1.165) is 58.3 Å². The van der Waals surface area contributed by atoms with Gasteiger partial charge in [0.15, 0.2) is 0 Å². The summed E-state index contributed by atoms with van der Waals surface area (Å²) in [6, 6.07) is 51.1. The van der Waals surface area contributed by atoms with Gasteiger partial charge in [-0.25, -0.2) is 0 Å². The van der Waals surface area contributed by atoms with E-state index >= 15 is 0 Å². The summed E-state index contributed by atoms with van der Waals surface area (Å²) in [7, 11) is 0. The SMILES string of the molecule is CC1CC=CC2=C1B1c3ccc(N(C4=CC=C(C(C)(C)C)CC4)c4ccc5oc6ccccc6c5c4)cc3N(c3ccccc3)c3cccc(c31)N2c1ccccc1. The number of para-hydroxylation sites is 3. The van der Waals surface area contributed by atoms with Crippen molar-refractivity contribution in [3.63, 3.8) is 0 Å². The second-order valence-corrected chi connectivity index (χ2v) is 17.3. The third-order valence-corrected chi connectivity index (χ3v) is 12.8. The molecular formula is C53H46BN3O. The maximum Gasteiger partial charge on any atom is 0.247 e. The Labute approximate surface area is 341 Å². The largest absolute Gasteiger partial charge is 0.456 e. The minimum atomic E-state index is 0.124. The summed E-state index contributed by atoms with van der Waals surface area (Å²) in [4.78, 5) is 7.52. The number of furan rings is 1. The molecule has 2 aliphatic carbocycles. The zero-order valence-electron chi connectivity index (χ0n) is 33.6. The topological polar surface area (TPSA) is 22.9 Å². The predicted molar refractivity (Wildman–Crippen MR) is 245 cm³/mol. The van der Waals surface area contributed by atoms with Gasteiger partial charge >= 0.3 is 0 Å². The van der Waals surface area contributed by atoms with E-state index in [2.05, 4.69) is 200 Å². The molecule has 0 saturated heterocycles. The highest BCUT2D eigenvalue weighted by atomic mass is 16.3. The molecule has 0 fully saturated rings. The standard InChI is InChI=1S/C53H46BN3O/c1-35-15-13-21-45-51(35)54-44-31-29-41(34-48(44)57(38-18-9-6-10-19-38)47-23-14-22-46(52(47)54)56(45)37-16-7-5-8-17-37)55(39-27-25-36(26-28-39)53(2,3)4)40-30-32-50-43(33-40)42-20-11-12-24-49(42)58-50/h5-14,16-25,27,29-35H,15,26,28H2,1-4H3. The summed E-state index contributed by atoms with van der Waals surface area (Å²) in [6.45, 7) is 9.52. The zero-order chi connectivity index (χ0) is 39.1. The minimum Gasteiger partial charge on any atom is -0.456 e. The molecular weight excluding hydrogens is 705 g/mol. The van der Waals surface area contributed by atoms with Gasteiger partial charge in [0.1, 0.15) is 11.2 Å². The molecule has 282 valence electrons. The molecule has 4 aliphatic rings. The summed E-state index contributed by atoms with van der Waals surface area (Å²) in [6.07, 6.45) is 12.5. The fourth-order valence-corrected chi connectivity index (χ4v) is 10.1. The van der Waals surface area contributed by atoms with Crippen LogP contribution in [0.4, 0.5) is 39.8 Å². The molecule has 0 spiro atoms. The molecule has 0 N–H and O–H groups in total. The Kier molecular flexibility index (Phi) is 7.98. The highest BCUT2D eigenvalue weighted by Gasteiger charge is 2.46. The summed E-state index contributed by atoms with van der Waals surface area (Å²) in [5.41, 5.74) is 18.6. The first kappa shape index (κ1) is 34.8. The molecule has 5 heteroatoms. The van der Waals surface area contributed by atoms with E-state index in [9.17, 15) is 0 Å². The summed E-state index contributed by atoms with van der Waals surface area (Å²) in [5.74, 6) is 0.387. The molecule has 2 aliphatic heterocycles. The van der Waals surface area contributed by atoms with Crippen LogP contribution in [0.1, 0.15) is 47.0 Å². The maximum absolute atomic E-state index is 6.33. The number of rotatable bonds is 5. The molecule has 6 aromatic carbocycles. The van der Waals surface area contributed by atoms with Crippen molar-refractivity contribution in [3.05, 3.63) is 186 Å². The van der Waals surface area contributed by atoms with Gasteiger partial charge in [-0.05, 0) is 126 Å². The first-order chi connectivity index (χ1) is 28.3. The Hall–Kier alpha value is -6.46. The van der Waals surface area contributed by atoms with Crippen molar-refractivity contribution in [2.45, 2.75) is 47.0 Å². The Morgan fingerprint density at radius 2 is 1.31 bits per heavy atom. The molecule has 0 radical (unpaired) electrons. The molecule has 1 unspecified atom stereocenters. The Balaban J connectivity index is 1.16. The van der Waals surface area contributed by atoms with E-state index in [1.165, 1.54) is 56.1 Å². The van der Waals surface area contributed by atoms with Gasteiger partial charge in [-0.15, -0.1) is 0 Å². The van der Waals surface area contributed by atoms with E-state index in [4.69, 9.17) is 4.42 Å². The van der Waals surface area contributed by atoms with Crippen LogP contribution < -0.4 is 25.6 Å². The Morgan fingerprint density at radius 3 is 2.05 bits per heavy atom. The fourth-order valence-electron chi connectivity index (χ4n) is 10.1. The van der Waals surface area contributed by atoms with Crippen LogP contribution in [0.25, 0.3) is 21.9 Å². The van der Waals surface area contributed by atoms with Crippen LogP contribution in [0.5, 0.6) is 0 Å². The number of benzene rings is 6. The van der Waals surface area contributed by atoms with Crippen molar-refractivity contribution < 1.29 is 4.42 Å². The summed E-state index contributed by atoms with van der Waals surface area (Å²) < 4.78 is 6.33. The fraction of sp³-hybridized carbons (Fsp3) is 0.170. The molecule has 0 bridgehead atoms. The van der Waals surface area contributed by atoms with Crippen LogP contribution in [0, 0.1) is 11.3 Å². The van der Waals surface area contributed by atoms with Crippen molar-refractivity contribution in [1.29, 1.82) is 0 Å². The molecule has 3 heterocycles. The number of anilines is 7. The van der Waals surface area contributed by atoms with Gasteiger partial charge in [0.25, 0.3) is 0 Å². The van der Waals surface area contributed by atoms with Crippen LogP contribution in [-0.2, 0) is 0 Å². The van der Waals surface area contributed by atoms with Gasteiger partial charge in [0.05, 0.1) is 0 Å². The quantitative estimate of drug-likeness (QED) is 0.163. The zero-order valence-corrected chi connectivity index (χ0v) is 33.6. The molecule has 4 nitrogen and oxygen atoms in total. The number of hydrogen-bond donors (Lipinski definition) is 0. The lowest BCUT2D eigenvalue weighted by Gasteiger charge is -2.46. The average Bonchev–Trinajstić information content (AvgIpc) is 3.62. The lowest BCUT2D eigenvalue weighted by molar-refractivity contribution is 0.479. The first-order valence-corrected chi connectivity index (χ1v) is 20.8. The summed E-state index contributed by atoms with van der Waals surface area (Å²) >= 11 is 0. The molecule has 0 saturated carbocycles. The van der Waals surface area contributed by atoms with E-state index in [0.29, 0.717) is 5.92 Å². The average molecular weight is 752 g/mol. The van der Waals surface area contributed by atoms with Gasteiger partial charge in [-0.2, -0.15) is 0 Å². The normalized spacial score (nSPS) is 17.2. The van der Waals surface area contributed by atoms with Gasteiger partial charge in [-0.1, -0.05) is 118 Å². The number of fused-ring (bicyclic) bond motifs is 6. The van der Waals surface area contributed by atoms with Gasteiger partial charge in [-0.3, -0.25) is 0 Å². The molecule has 1 aromatic heterocycles. The molecule has 11 rings (SSSR count). The van der Waals surface area contributed by atoms with Crippen molar-refractivity contribution in [2.75, 3.05) is 14.7 Å². The second kappa shape index (κ2) is 13.3. The van der Waals surface area contributed by atoms with Crippen LogP contribution in [0.15, 0.2) is 191 Å². The Morgan fingerprint density at radius 1 is 0.638 bits per heavy atom. The van der Waals surface area contributed by atoms with E-state index in [-0.39, 0.29) is 12.1 Å². The van der Waals surface area contributed by atoms with Crippen LogP contribution in [0.2, 0.25) is 0 Å². The van der Waals surface area contributed by atoms with E-state index in [1.54, 1.807) is 0 Å². The van der Waals surface area contributed by atoms with Crippen LogP contribution in [0.3, 0.4) is 0 Å². The highest BCUT2D eigenvalue weighted by molar-refractivity contribution is 6.95. The van der Waals surface area contributed by atoms with Crippen LogP contribution in [-0.4, -0.2) is 6.71 Å². The van der Waals surface area contributed by atoms with Gasteiger partial charge < -0.3 is 19.1 Å². The van der Waals surface area contributed by atoms with Crippen LogP contribution >= 0.6 is 0 Å². The third-order valence-electron chi connectivity index (χ3n) is 12.8.